The molecule has 5 heteroatoms. The Labute approximate surface area is 116 Å². The maximum atomic E-state index is 12.5. The lowest BCUT2D eigenvalue weighted by molar-refractivity contribution is -0.137. The van der Waals surface area contributed by atoms with E-state index in [0.717, 1.165) is 32.4 Å². The molecule has 3 N–H and O–H groups in total. The van der Waals surface area contributed by atoms with E-state index in [2.05, 4.69) is 11.9 Å². The van der Waals surface area contributed by atoms with Crippen molar-refractivity contribution in [1.82, 2.24) is 9.80 Å². The first-order valence-corrected chi connectivity index (χ1v) is 7.36. The van der Waals surface area contributed by atoms with Crippen LogP contribution in [-0.2, 0) is 4.79 Å². The lowest BCUT2D eigenvalue weighted by Gasteiger charge is -2.38. The van der Waals surface area contributed by atoms with Crippen LogP contribution in [0, 0.1) is 5.92 Å². The highest BCUT2D eigenvalue weighted by Gasteiger charge is 2.31. The Morgan fingerprint density at radius 3 is 2.53 bits per heavy atom. The molecule has 2 unspecified atom stereocenters. The van der Waals surface area contributed by atoms with E-state index in [1.54, 1.807) is 0 Å². The molecule has 2 atom stereocenters. The second kappa shape index (κ2) is 7.82. The molecule has 1 aliphatic rings. The molecular weight excluding hydrogens is 242 g/mol. The van der Waals surface area contributed by atoms with Gasteiger partial charge in [-0.1, -0.05) is 20.3 Å². The Hall–Kier alpha value is -0.650. The number of piperidine rings is 1. The van der Waals surface area contributed by atoms with Crippen molar-refractivity contribution >= 4 is 5.91 Å². The van der Waals surface area contributed by atoms with Crippen LogP contribution in [0.4, 0.5) is 0 Å². The summed E-state index contributed by atoms with van der Waals surface area (Å²) < 4.78 is 0. The van der Waals surface area contributed by atoms with Crippen molar-refractivity contribution in [3.05, 3.63) is 0 Å². The largest absolute Gasteiger partial charge is 0.395 e. The van der Waals surface area contributed by atoms with Gasteiger partial charge in [0.05, 0.1) is 12.6 Å². The van der Waals surface area contributed by atoms with Gasteiger partial charge < -0.3 is 20.6 Å². The van der Waals surface area contributed by atoms with Crippen LogP contribution in [0.15, 0.2) is 0 Å². The zero-order valence-electron chi connectivity index (χ0n) is 12.5. The molecule has 1 rings (SSSR count). The molecule has 0 bridgehead atoms. The number of aliphatic hydroxyl groups is 1. The van der Waals surface area contributed by atoms with Crippen molar-refractivity contribution in [1.29, 1.82) is 0 Å². The van der Waals surface area contributed by atoms with E-state index in [0.29, 0.717) is 6.54 Å². The average Bonchev–Trinajstić information content (AvgIpc) is 2.43. The summed E-state index contributed by atoms with van der Waals surface area (Å²) in [6, 6.07) is -0.220. The molecule has 1 amide bonds. The third kappa shape index (κ3) is 4.44. The van der Waals surface area contributed by atoms with Crippen molar-refractivity contribution in [2.75, 3.05) is 33.3 Å². The van der Waals surface area contributed by atoms with E-state index in [1.807, 2.05) is 18.7 Å². The fourth-order valence-corrected chi connectivity index (χ4v) is 2.58. The van der Waals surface area contributed by atoms with Crippen molar-refractivity contribution in [2.24, 2.45) is 11.7 Å². The highest BCUT2D eigenvalue weighted by molar-refractivity contribution is 5.82. The van der Waals surface area contributed by atoms with Crippen LogP contribution in [0.25, 0.3) is 0 Å². The van der Waals surface area contributed by atoms with Crippen molar-refractivity contribution in [3.8, 4) is 0 Å². The molecule has 1 saturated heterocycles. The summed E-state index contributed by atoms with van der Waals surface area (Å²) in [5, 5.41) is 9.20. The zero-order valence-corrected chi connectivity index (χ0v) is 12.5. The van der Waals surface area contributed by atoms with Crippen LogP contribution < -0.4 is 5.73 Å². The molecular formula is C14H29N3O2. The molecule has 0 aromatic heterocycles. The van der Waals surface area contributed by atoms with Crippen LogP contribution in [0.2, 0.25) is 0 Å². The van der Waals surface area contributed by atoms with Gasteiger partial charge in [0.25, 0.3) is 0 Å². The van der Waals surface area contributed by atoms with Crippen LogP contribution >= 0.6 is 0 Å². The van der Waals surface area contributed by atoms with Gasteiger partial charge in [-0.25, -0.2) is 0 Å². The molecule has 0 aromatic rings. The molecule has 0 saturated carbocycles. The monoisotopic (exact) mass is 271 g/mol. The molecule has 1 aliphatic heterocycles. The Balaban J connectivity index is 2.68. The highest BCUT2D eigenvalue weighted by atomic mass is 16.3. The number of rotatable bonds is 6. The van der Waals surface area contributed by atoms with Crippen LogP contribution in [0.3, 0.4) is 0 Å². The minimum Gasteiger partial charge on any atom is -0.395 e. The Morgan fingerprint density at radius 2 is 2.05 bits per heavy atom. The number of hydrogen-bond donors (Lipinski definition) is 2. The number of amides is 1. The lowest BCUT2D eigenvalue weighted by atomic mass is 9.96. The van der Waals surface area contributed by atoms with Crippen LogP contribution in [-0.4, -0.2) is 66.2 Å². The predicted octanol–water partition coefficient (Wildman–Crippen LogP) is 0.275. The minimum absolute atomic E-state index is 0.00190. The smallest absolute Gasteiger partial charge is 0.240 e. The number of aliphatic hydroxyl groups excluding tert-OH is 1. The number of carbonyl (C=O) groups is 1. The first kappa shape index (κ1) is 16.4. The molecule has 1 fully saturated rings. The average molecular weight is 271 g/mol. The lowest BCUT2D eigenvalue weighted by Crippen LogP contribution is -2.54. The summed E-state index contributed by atoms with van der Waals surface area (Å²) in [4.78, 5) is 16.6. The predicted molar refractivity (Wildman–Crippen MR) is 76.7 cm³/mol. The standard InChI is InChI=1S/C14H29N3O2/c1-4-11(2)13(15)14(19)17(9-10-18)12-5-7-16(3)8-6-12/h11-13,18H,4-10,15H2,1-3H3. The molecule has 5 nitrogen and oxygen atoms in total. The SMILES string of the molecule is CCC(C)C(N)C(=O)N(CCO)C1CCN(C)CC1. The van der Waals surface area contributed by atoms with Gasteiger partial charge in [-0.2, -0.15) is 0 Å². The van der Waals surface area contributed by atoms with Crippen molar-refractivity contribution in [2.45, 2.75) is 45.2 Å². The summed E-state index contributed by atoms with van der Waals surface area (Å²) in [5.41, 5.74) is 6.05. The minimum atomic E-state index is -0.448. The van der Waals surface area contributed by atoms with Gasteiger partial charge in [-0.15, -0.1) is 0 Å². The molecule has 0 aliphatic carbocycles. The van der Waals surface area contributed by atoms with Gasteiger partial charge in [0, 0.05) is 12.6 Å². The summed E-state index contributed by atoms with van der Waals surface area (Å²) in [6.07, 6.45) is 2.83. The first-order valence-electron chi connectivity index (χ1n) is 7.36. The quantitative estimate of drug-likeness (QED) is 0.728. The van der Waals surface area contributed by atoms with Gasteiger partial charge in [0.15, 0.2) is 0 Å². The number of likely N-dealkylation sites (tertiary alicyclic amines) is 1. The van der Waals surface area contributed by atoms with Gasteiger partial charge in [-0.05, 0) is 38.9 Å². The van der Waals surface area contributed by atoms with E-state index < -0.39 is 6.04 Å². The van der Waals surface area contributed by atoms with Crippen molar-refractivity contribution in [3.63, 3.8) is 0 Å². The molecule has 0 radical (unpaired) electrons. The van der Waals surface area contributed by atoms with E-state index in [1.165, 1.54) is 0 Å². The summed E-state index contributed by atoms with van der Waals surface area (Å²) >= 11 is 0. The van der Waals surface area contributed by atoms with Gasteiger partial charge in [0.1, 0.15) is 0 Å². The molecule has 0 aromatic carbocycles. The first-order chi connectivity index (χ1) is 9.01. The summed E-state index contributed by atoms with van der Waals surface area (Å²) in [7, 11) is 2.10. The maximum absolute atomic E-state index is 12.5. The molecule has 0 spiro atoms. The van der Waals surface area contributed by atoms with Gasteiger partial charge in [-0.3, -0.25) is 4.79 Å². The fourth-order valence-electron chi connectivity index (χ4n) is 2.58. The third-order valence-corrected chi connectivity index (χ3v) is 4.29. The molecule has 112 valence electrons. The topological polar surface area (TPSA) is 69.8 Å². The van der Waals surface area contributed by atoms with Crippen LogP contribution in [0.1, 0.15) is 33.1 Å². The number of nitrogens with zero attached hydrogens (tertiary/aromatic N) is 2. The third-order valence-electron chi connectivity index (χ3n) is 4.29. The van der Waals surface area contributed by atoms with Gasteiger partial charge >= 0.3 is 0 Å². The number of hydrogen-bond acceptors (Lipinski definition) is 4. The summed E-state index contributed by atoms with van der Waals surface area (Å²) in [6.45, 7) is 6.46. The van der Waals surface area contributed by atoms with Crippen LogP contribution in [0.5, 0.6) is 0 Å². The normalized spacial score (nSPS) is 21.1. The van der Waals surface area contributed by atoms with Crippen molar-refractivity contribution < 1.29 is 9.90 Å². The van der Waals surface area contributed by atoms with E-state index in [-0.39, 0.29) is 24.5 Å². The van der Waals surface area contributed by atoms with E-state index in [9.17, 15) is 9.90 Å². The summed E-state index contributed by atoms with van der Waals surface area (Å²) in [5.74, 6) is 0.179. The molecule has 1 heterocycles. The zero-order chi connectivity index (χ0) is 14.4. The number of nitrogens with two attached hydrogens (primary N) is 1. The van der Waals surface area contributed by atoms with E-state index >= 15 is 0 Å². The highest BCUT2D eigenvalue weighted by Crippen LogP contribution is 2.18. The van der Waals surface area contributed by atoms with E-state index in [4.69, 9.17) is 5.73 Å². The Morgan fingerprint density at radius 1 is 1.47 bits per heavy atom. The Kier molecular flexibility index (Phi) is 6.75. The second-order valence-electron chi connectivity index (χ2n) is 5.70. The number of carbonyl (C=O) groups excluding carboxylic acids is 1. The molecule has 19 heavy (non-hydrogen) atoms. The van der Waals surface area contributed by atoms with Gasteiger partial charge in [0.2, 0.25) is 5.91 Å². The second-order valence-corrected chi connectivity index (χ2v) is 5.70. The Bertz CT molecular complexity index is 278. The maximum Gasteiger partial charge on any atom is 0.240 e. The fraction of sp³-hybridized carbons (Fsp3) is 0.929.